The van der Waals surface area contributed by atoms with Crippen LogP contribution < -0.4 is 10.9 Å². The summed E-state index contributed by atoms with van der Waals surface area (Å²) in [5.41, 5.74) is 1.51. The van der Waals surface area contributed by atoms with Crippen molar-refractivity contribution in [2.24, 2.45) is 0 Å². The molecule has 0 aliphatic carbocycles. The lowest BCUT2D eigenvalue weighted by Crippen LogP contribution is -2.21. The summed E-state index contributed by atoms with van der Waals surface area (Å²) in [4.78, 5) is 16.5. The number of nitrogens with zero attached hydrogens (tertiary/aromatic N) is 1. The molecule has 1 atom stereocenters. The number of hydrogen-bond donors (Lipinski definition) is 2. The van der Waals surface area contributed by atoms with Gasteiger partial charge in [-0.25, -0.2) is 9.78 Å². The van der Waals surface area contributed by atoms with E-state index >= 15 is 0 Å². The molecular formula is C17H15ClN2O3. The molecule has 0 aliphatic rings. The maximum atomic E-state index is 12.1. The molecule has 0 amide bonds. The van der Waals surface area contributed by atoms with Crippen molar-refractivity contribution in [1.29, 1.82) is 0 Å². The van der Waals surface area contributed by atoms with Gasteiger partial charge < -0.3 is 14.8 Å². The zero-order valence-electron chi connectivity index (χ0n) is 12.2. The van der Waals surface area contributed by atoms with E-state index in [-0.39, 0.29) is 11.8 Å². The molecule has 0 radical (unpaired) electrons. The molecule has 2 N–H and O–H groups in total. The first-order chi connectivity index (χ1) is 11.2. The molecule has 6 heteroatoms. The van der Waals surface area contributed by atoms with Crippen LogP contribution in [0.25, 0.3) is 22.4 Å². The maximum Gasteiger partial charge on any atom is 0.347 e. The number of aromatic nitrogens is 1. The van der Waals surface area contributed by atoms with Crippen molar-refractivity contribution < 1.29 is 9.52 Å². The highest BCUT2D eigenvalue weighted by Crippen LogP contribution is 2.26. The normalized spacial score (nSPS) is 12.3. The monoisotopic (exact) mass is 330 g/mol. The smallest absolute Gasteiger partial charge is 0.347 e. The second kappa shape index (κ2) is 6.81. The second-order valence-electron chi connectivity index (χ2n) is 5.06. The van der Waals surface area contributed by atoms with Gasteiger partial charge in [0.05, 0.1) is 28.5 Å². The van der Waals surface area contributed by atoms with Crippen molar-refractivity contribution in [3.05, 3.63) is 59.0 Å². The van der Waals surface area contributed by atoms with Crippen molar-refractivity contribution >= 4 is 28.2 Å². The van der Waals surface area contributed by atoms with Crippen LogP contribution in [0.1, 0.15) is 0 Å². The molecule has 3 aromatic rings. The van der Waals surface area contributed by atoms with Crippen LogP contribution >= 0.6 is 11.6 Å². The molecule has 5 nitrogen and oxygen atoms in total. The molecular weight excluding hydrogens is 316 g/mol. The zero-order valence-corrected chi connectivity index (χ0v) is 13.0. The summed E-state index contributed by atoms with van der Waals surface area (Å²) >= 11 is 5.60. The minimum Gasteiger partial charge on any atom is -0.403 e. The lowest BCUT2D eigenvalue weighted by Gasteiger charge is -2.13. The van der Waals surface area contributed by atoms with E-state index in [0.29, 0.717) is 28.7 Å². The first kappa shape index (κ1) is 15.5. The Labute approximate surface area is 137 Å². The summed E-state index contributed by atoms with van der Waals surface area (Å²) in [7, 11) is 0. The fraction of sp³-hybridized carbons (Fsp3) is 0.176. The first-order valence-electron chi connectivity index (χ1n) is 7.16. The number of para-hydroxylation sites is 2. The standard InChI is InChI=1S/C17H15ClN2O3/c18-9-11(21)10-19-14-7-3-1-5-12(14)16-20-15-8-4-2-6-13(15)17(22)23-16/h1-8,11,19,21H,9-10H2. The highest BCUT2D eigenvalue weighted by atomic mass is 35.5. The van der Waals surface area contributed by atoms with Crippen molar-refractivity contribution in [3.8, 4) is 11.5 Å². The lowest BCUT2D eigenvalue weighted by atomic mass is 10.1. The SMILES string of the molecule is O=c1oc(-c2ccccc2NCC(O)CCl)nc2ccccc12. The second-order valence-corrected chi connectivity index (χ2v) is 5.37. The number of hydrogen-bond acceptors (Lipinski definition) is 5. The molecule has 1 aromatic heterocycles. The number of halogens is 1. The van der Waals surface area contributed by atoms with E-state index in [1.54, 1.807) is 24.3 Å². The van der Waals surface area contributed by atoms with Crippen LogP contribution in [-0.2, 0) is 0 Å². The molecule has 0 saturated heterocycles. The number of fused-ring (bicyclic) bond motifs is 1. The first-order valence-corrected chi connectivity index (χ1v) is 7.69. The van der Waals surface area contributed by atoms with E-state index in [1.807, 2.05) is 24.3 Å². The molecule has 2 aromatic carbocycles. The predicted octanol–water partition coefficient (Wildman–Crippen LogP) is 2.87. The fourth-order valence-electron chi connectivity index (χ4n) is 2.24. The lowest BCUT2D eigenvalue weighted by molar-refractivity contribution is 0.211. The average molecular weight is 331 g/mol. The molecule has 0 spiro atoms. The molecule has 1 heterocycles. The minimum absolute atomic E-state index is 0.137. The number of nitrogens with one attached hydrogen (secondary N) is 1. The molecule has 118 valence electrons. The van der Waals surface area contributed by atoms with Crippen LogP contribution in [0.2, 0.25) is 0 Å². The quantitative estimate of drug-likeness (QED) is 0.704. The topological polar surface area (TPSA) is 75.4 Å². The number of anilines is 1. The number of aliphatic hydroxyl groups excluding tert-OH is 1. The van der Waals surface area contributed by atoms with E-state index < -0.39 is 11.7 Å². The van der Waals surface area contributed by atoms with Gasteiger partial charge in [0.2, 0.25) is 5.89 Å². The van der Waals surface area contributed by atoms with Gasteiger partial charge in [-0.05, 0) is 24.3 Å². The van der Waals surface area contributed by atoms with Crippen LogP contribution in [-0.4, -0.2) is 28.6 Å². The third-order valence-electron chi connectivity index (χ3n) is 3.40. The largest absolute Gasteiger partial charge is 0.403 e. The molecule has 3 rings (SSSR count). The van der Waals surface area contributed by atoms with E-state index in [1.165, 1.54) is 0 Å². The van der Waals surface area contributed by atoms with E-state index in [9.17, 15) is 9.90 Å². The highest BCUT2D eigenvalue weighted by molar-refractivity contribution is 6.18. The summed E-state index contributed by atoms with van der Waals surface area (Å²) in [6, 6.07) is 14.3. The van der Waals surface area contributed by atoms with Gasteiger partial charge >= 0.3 is 5.63 Å². The Bertz CT molecular complexity index is 879. The van der Waals surface area contributed by atoms with E-state index in [4.69, 9.17) is 16.0 Å². The fourth-order valence-corrected chi connectivity index (χ4v) is 2.35. The minimum atomic E-state index is -0.665. The van der Waals surface area contributed by atoms with Crippen molar-refractivity contribution in [2.75, 3.05) is 17.7 Å². The third kappa shape index (κ3) is 3.36. The van der Waals surface area contributed by atoms with Gasteiger partial charge in [-0.1, -0.05) is 24.3 Å². The van der Waals surface area contributed by atoms with Crippen molar-refractivity contribution in [1.82, 2.24) is 4.98 Å². The van der Waals surface area contributed by atoms with Gasteiger partial charge in [-0.15, -0.1) is 11.6 Å². The van der Waals surface area contributed by atoms with Gasteiger partial charge in [0.1, 0.15) is 0 Å². The highest BCUT2D eigenvalue weighted by Gasteiger charge is 2.12. The number of aliphatic hydroxyl groups is 1. The summed E-state index contributed by atoms with van der Waals surface area (Å²) in [5.74, 6) is 0.371. The molecule has 0 bridgehead atoms. The summed E-state index contributed by atoms with van der Waals surface area (Å²) in [6.45, 7) is 0.290. The van der Waals surface area contributed by atoms with Crippen LogP contribution in [0.3, 0.4) is 0 Å². The van der Waals surface area contributed by atoms with Gasteiger partial charge in [-0.2, -0.15) is 0 Å². The zero-order chi connectivity index (χ0) is 16.2. The Morgan fingerprint density at radius 1 is 1.17 bits per heavy atom. The van der Waals surface area contributed by atoms with Gasteiger partial charge in [0, 0.05) is 12.2 Å². The Balaban J connectivity index is 2.03. The molecule has 0 fully saturated rings. The summed E-state index contributed by atoms with van der Waals surface area (Å²) < 4.78 is 5.36. The van der Waals surface area contributed by atoms with Crippen molar-refractivity contribution in [3.63, 3.8) is 0 Å². The number of rotatable bonds is 5. The van der Waals surface area contributed by atoms with Crippen LogP contribution in [0, 0.1) is 0 Å². The molecule has 23 heavy (non-hydrogen) atoms. The Morgan fingerprint density at radius 2 is 1.91 bits per heavy atom. The summed E-state index contributed by atoms with van der Waals surface area (Å²) in [5, 5.41) is 13.1. The summed E-state index contributed by atoms with van der Waals surface area (Å²) in [6.07, 6.45) is -0.665. The van der Waals surface area contributed by atoms with Crippen LogP contribution in [0.5, 0.6) is 0 Å². The van der Waals surface area contributed by atoms with Crippen LogP contribution in [0.15, 0.2) is 57.7 Å². The average Bonchev–Trinajstić information content (AvgIpc) is 2.60. The van der Waals surface area contributed by atoms with Gasteiger partial charge in [0.15, 0.2) is 0 Å². The van der Waals surface area contributed by atoms with Crippen LogP contribution in [0.4, 0.5) is 5.69 Å². The van der Waals surface area contributed by atoms with Gasteiger partial charge in [-0.3, -0.25) is 0 Å². The van der Waals surface area contributed by atoms with Gasteiger partial charge in [0.25, 0.3) is 0 Å². The predicted molar refractivity (Wildman–Crippen MR) is 90.9 cm³/mol. The molecule has 1 unspecified atom stereocenters. The Morgan fingerprint density at radius 3 is 2.74 bits per heavy atom. The van der Waals surface area contributed by atoms with E-state index in [2.05, 4.69) is 10.3 Å². The molecule has 0 saturated carbocycles. The Hall–Kier alpha value is -2.37. The van der Waals surface area contributed by atoms with Crippen molar-refractivity contribution in [2.45, 2.75) is 6.10 Å². The number of benzene rings is 2. The number of alkyl halides is 1. The van der Waals surface area contributed by atoms with E-state index in [0.717, 1.165) is 0 Å². The maximum absolute atomic E-state index is 12.1. The Kier molecular flexibility index (Phi) is 4.60. The third-order valence-corrected chi connectivity index (χ3v) is 3.76. The molecule has 0 aliphatic heterocycles.